The summed E-state index contributed by atoms with van der Waals surface area (Å²) in [6.07, 6.45) is 0.360. The van der Waals surface area contributed by atoms with Crippen LogP contribution in [-0.2, 0) is 11.2 Å². The van der Waals surface area contributed by atoms with Gasteiger partial charge < -0.3 is 9.47 Å². The van der Waals surface area contributed by atoms with Gasteiger partial charge in [0.05, 0.1) is 20.3 Å². The highest BCUT2D eigenvalue weighted by Crippen LogP contribution is 2.31. The van der Waals surface area contributed by atoms with Crippen LogP contribution in [-0.4, -0.2) is 20.0 Å². The maximum Gasteiger partial charge on any atom is 0.160 e. The molecule has 0 saturated heterocycles. The maximum absolute atomic E-state index is 11.5. The summed E-state index contributed by atoms with van der Waals surface area (Å²) in [6.45, 7) is 3.08. The minimum atomic E-state index is -1.00. The molecule has 0 aliphatic carbocycles. The molecule has 0 aliphatic rings. The fourth-order valence-electron chi connectivity index (χ4n) is 1.64. The second-order valence-corrected chi connectivity index (χ2v) is 4.37. The number of nitriles is 1. The van der Waals surface area contributed by atoms with E-state index < -0.39 is 5.41 Å². The van der Waals surface area contributed by atoms with Crippen molar-refractivity contribution in [3.8, 4) is 17.6 Å². The van der Waals surface area contributed by atoms with Gasteiger partial charge in [-0.1, -0.05) is 6.07 Å². The molecule has 96 valence electrons. The van der Waals surface area contributed by atoms with E-state index in [0.717, 1.165) is 5.56 Å². The van der Waals surface area contributed by atoms with Gasteiger partial charge in [-0.2, -0.15) is 5.26 Å². The van der Waals surface area contributed by atoms with Crippen molar-refractivity contribution in [2.45, 2.75) is 20.3 Å². The molecule has 18 heavy (non-hydrogen) atoms. The van der Waals surface area contributed by atoms with Crippen LogP contribution in [0, 0.1) is 16.7 Å². The molecule has 0 spiro atoms. The van der Waals surface area contributed by atoms with Crippen LogP contribution in [0.4, 0.5) is 0 Å². The van der Waals surface area contributed by atoms with Gasteiger partial charge in [0.15, 0.2) is 11.5 Å². The third kappa shape index (κ3) is 2.80. The highest BCUT2D eigenvalue weighted by atomic mass is 16.5. The largest absolute Gasteiger partial charge is 0.493 e. The van der Waals surface area contributed by atoms with Gasteiger partial charge in [-0.25, -0.2) is 0 Å². The third-order valence-electron chi connectivity index (χ3n) is 3.03. The van der Waals surface area contributed by atoms with Crippen molar-refractivity contribution in [3.05, 3.63) is 23.8 Å². The zero-order valence-corrected chi connectivity index (χ0v) is 11.1. The number of nitrogens with zero attached hydrogens (tertiary/aromatic N) is 1. The predicted octanol–water partition coefficient (Wildman–Crippen LogP) is 2.37. The highest BCUT2D eigenvalue weighted by Gasteiger charge is 2.30. The van der Waals surface area contributed by atoms with Crippen molar-refractivity contribution in [1.82, 2.24) is 0 Å². The quantitative estimate of drug-likeness (QED) is 0.801. The van der Waals surface area contributed by atoms with Crippen LogP contribution in [0.3, 0.4) is 0 Å². The summed E-state index contributed by atoms with van der Waals surface area (Å²) in [6, 6.07) is 7.46. The lowest BCUT2D eigenvalue weighted by Crippen LogP contribution is -2.26. The number of methoxy groups -OCH3 is 2. The summed E-state index contributed by atoms with van der Waals surface area (Å²) < 4.78 is 10.3. The van der Waals surface area contributed by atoms with Gasteiger partial charge in [0.1, 0.15) is 11.2 Å². The summed E-state index contributed by atoms with van der Waals surface area (Å²) >= 11 is 0. The Balaban J connectivity index is 3.06. The minimum Gasteiger partial charge on any atom is -0.493 e. The van der Waals surface area contributed by atoms with Crippen LogP contribution in [0.5, 0.6) is 11.5 Å². The molecule has 1 atom stereocenters. The molecule has 0 bridgehead atoms. The Labute approximate surface area is 107 Å². The molecule has 0 radical (unpaired) electrons. The zero-order valence-electron chi connectivity index (χ0n) is 11.1. The third-order valence-corrected chi connectivity index (χ3v) is 3.03. The summed E-state index contributed by atoms with van der Waals surface area (Å²) in [7, 11) is 3.11. The first-order chi connectivity index (χ1) is 8.46. The van der Waals surface area contributed by atoms with Gasteiger partial charge >= 0.3 is 0 Å². The Morgan fingerprint density at radius 2 is 1.94 bits per heavy atom. The Bertz CT molecular complexity index is 490. The first kappa shape index (κ1) is 14.0. The highest BCUT2D eigenvalue weighted by molar-refractivity contribution is 5.85. The van der Waals surface area contributed by atoms with E-state index in [1.54, 1.807) is 33.3 Å². The number of ketones is 1. The fourth-order valence-corrected chi connectivity index (χ4v) is 1.64. The predicted molar refractivity (Wildman–Crippen MR) is 67.7 cm³/mol. The van der Waals surface area contributed by atoms with Crippen molar-refractivity contribution in [3.63, 3.8) is 0 Å². The van der Waals surface area contributed by atoms with Gasteiger partial charge in [0, 0.05) is 0 Å². The van der Waals surface area contributed by atoms with Crippen LogP contribution in [0.1, 0.15) is 19.4 Å². The molecule has 1 aromatic rings. The molecule has 4 heteroatoms. The van der Waals surface area contributed by atoms with E-state index >= 15 is 0 Å². The van der Waals surface area contributed by atoms with E-state index in [0.29, 0.717) is 17.9 Å². The number of rotatable bonds is 5. The molecule has 0 N–H and O–H groups in total. The maximum atomic E-state index is 11.5. The first-order valence-corrected chi connectivity index (χ1v) is 5.60. The normalized spacial score (nSPS) is 13.3. The van der Waals surface area contributed by atoms with Crippen molar-refractivity contribution < 1.29 is 14.3 Å². The molecule has 0 saturated carbocycles. The average Bonchev–Trinajstić information content (AvgIpc) is 2.38. The van der Waals surface area contributed by atoms with E-state index in [1.165, 1.54) is 6.92 Å². The molecule has 1 unspecified atom stereocenters. The summed E-state index contributed by atoms with van der Waals surface area (Å²) in [5.41, 5.74) is -0.133. The molecular formula is C14H17NO3. The Morgan fingerprint density at radius 3 is 2.39 bits per heavy atom. The molecule has 1 rings (SSSR count). The number of carbonyl (C=O) groups excluding carboxylic acids is 1. The Morgan fingerprint density at radius 1 is 1.33 bits per heavy atom. The summed E-state index contributed by atoms with van der Waals surface area (Å²) in [4.78, 5) is 11.5. The lowest BCUT2D eigenvalue weighted by molar-refractivity contribution is -0.123. The second-order valence-electron chi connectivity index (χ2n) is 4.37. The zero-order chi connectivity index (χ0) is 13.8. The number of benzene rings is 1. The number of carbonyl (C=O) groups is 1. The van der Waals surface area contributed by atoms with Gasteiger partial charge in [0.25, 0.3) is 0 Å². The molecule has 1 aromatic carbocycles. The Hall–Kier alpha value is -2.02. The number of hydrogen-bond donors (Lipinski definition) is 0. The monoisotopic (exact) mass is 247 g/mol. The van der Waals surface area contributed by atoms with Crippen molar-refractivity contribution in [2.24, 2.45) is 5.41 Å². The molecule has 0 amide bonds. The van der Waals surface area contributed by atoms with Crippen molar-refractivity contribution in [1.29, 1.82) is 5.26 Å². The topological polar surface area (TPSA) is 59.3 Å². The van der Waals surface area contributed by atoms with Crippen LogP contribution in [0.25, 0.3) is 0 Å². The second kappa shape index (κ2) is 5.54. The van der Waals surface area contributed by atoms with E-state index in [-0.39, 0.29) is 5.78 Å². The molecule has 0 aromatic heterocycles. The van der Waals surface area contributed by atoms with Crippen LogP contribution < -0.4 is 9.47 Å². The van der Waals surface area contributed by atoms with Gasteiger partial charge in [0.2, 0.25) is 0 Å². The van der Waals surface area contributed by atoms with E-state index in [4.69, 9.17) is 14.7 Å². The molecule has 0 aliphatic heterocycles. The molecule has 4 nitrogen and oxygen atoms in total. The van der Waals surface area contributed by atoms with Crippen molar-refractivity contribution in [2.75, 3.05) is 14.2 Å². The van der Waals surface area contributed by atoms with Crippen molar-refractivity contribution >= 4 is 5.78 Å². The number of ether oxygens (including phenoxy) is 2. The molecule has 0 fully saturated rings. The first-order valence-electron chi connectivity index (χ1n) is 5.60. The van der Waals surface area contributed by atoms with Crippen LogP contribution in [0.15, 0.2) is 18.2 Å². The lowest BCUT2D eigenvalue weighted by Gasteiger charge is -2.18. The molecule has 0 heterocycles. The van der Waals surface area contributed by atoms with Gasteiger partial charge in [-0.05, 0) is 38.0 Å². The fraction of sp³-hybridized carbons (Fsp3) is 0.429. The van der Waals surface area contributed by atoms with E-state index in [9.17, 15) is 4.79 Å². The van der Waals surface area contributed by atoms with E-state index in [1.807, 2.05) is 6.07 Å². The number of hydrogen-bond acceptors (Lipinski definition) is 4. The Kier molecular flexibility index (Phi) is 4.33. The molecular weight excluding hydrogens is 230 g/mol. The summed E-state index contributed by atoms with van der Waals surface area (Å²) in [5, 5.41) is 9.12. The van der Waals surface area contributed by atoms with Gasteiger partial charge in [-0.3, -0.25) is 4.79 Å². The lowest BCUT2D eigenvalue weighted by atomic mass is 9.82. The SMILES string of the molecule is COc1ccc(CC(C)(C#N)C(C)=O)cc1OC. The van der Waals surface area contributed by atoms with E-state index in [2.05, 4.69) is 6.07 Å². The van der Waals surface area contributed by atoms with Crippen LogP contribution >= 0.6 is 0 Å². The van der Waals surface area contributed by atoms with Crippen LogP contribution in [0.2, 0.25) is 0 Å². The smallest absolute Gasteiger partial charge is 0.160 e. The number of Topliss-reactive ketones (excluding diaryl/α,β-unsaturated/α-hetero) is 1. The summed E-state index contributed by atoms with van der Waals surface area (Å²) in [5.74, 6) is 1.08. The van der Waals surface area contributed by atoms with Gasteiger partial charge in [-0.15, -0.1) is 0 Å². The average molecular weight is 247 g/mol. The minimum absolute atomic E-state index is 0.139. The standard InChI is InChI=1S/C14H17NO3/c1-10(16)14(2,9-15)8-11-5-6-12(17-3)13(7-11)18-4/h5-7H,8H2,1-4H3.